The molecule has 5 heteroatoms. The number of hydrogen-bond acceptors (Lipinski definition) is 5. The first kappa shape index (κ1) is 16.8. The molecule has 2 aromatic carbocycles. The number of aromatic nitrogens is 1. The fraction of sp³-hybridized carbons (Fsp3) is 0.286. The number of aliphatic hydroxyl groups excluding tert-OH is 2. The van der Waals surface area contributed by atoms with Crippen molar-refractivity contribution in [3.63, 3.8) is 0 Å². The molecule has 1 atom stereocenters. The Morgan fingerprint density at radius 3 is 2.69 bits per heavy atom. The fourth-order valence-electron chi connectivity index (χ4n) is 3.50. The van der Waals surface area contributed by atoms with Crippen LogP contribution in [-0.4, -0.2) is 41.0 Å². The first-order valence-corrected chi connectivity index (χ1v) is 8.99. The van der Waals surface area contributed by atoms with Crippen LogP contribution < -0.4 is 10.2 Å². The third-order valence-corrected chi connectivity index (χ3v) is 4.90. The van der Waals surface area contributed by atoms with Gasteiger partial charge in [-0.3, -0.25) is 0 Å². The number of rotatable bonds is 5. The van der Waals surface area contributed by atoms with Crippen molar-refractivity contribution in [2.24, 2.45) is 0 Å². The number of hydrogen-bond donors (Lipinski definition) is 3. The summed E-state index contributed by atoms with van der Waals surface area (Å²) in [5.41, 5.74) is 4.85. The van der Waals surface area contributed by atoms with Crippen LogP contribution in [0.4, 0.5) is 11.5 Å². The van der Waals surface area contributed by atoms with E-state index in [1.165, 1.54) is 11.1 Å². The van der Waals surface area contributed by atoms with E-state index in [0.29, 0.717) is 5.82 Å². The molecule has 3 aromatic rings. The number of para-hydroxylation sites is 1. The van der Waals surface area contributed by atoms with Crippen molar-refractivity contribution in [1.82, 2.24) is 4.98 Å². The van der Waals surface area contributed by atoms with E-state index in [2.05, 4.69) is 45.5 Å². The van der Waals surface area contributed by atoms with Gasteiger partial charge in [-0.25, -0.2) is 4.98 Å². The number of pyridine rings is 1. The van der Waals surface area contributed by atoms with E-state index in [4.69, 9.17) is 5.11 Å². The quantitative estimate of drug-likeness (QED) is 0.660. The van der Waals surface area contributed by atoms with Crippen molar-refractivity contribution in [2.45, 2.75) is 19.1 Å². The summed E-state index contributed by atoms with van der Waals surface area (Å²) >= 11 is 0. The third-order valence-electron chi connectivity index (χ3n) is 4.90. The molecule has 1 aliphatic heterocycles. The molecule has 4 rings (SSSR count). The van der Waals surface area contributed by atoms with Gasteiger partial charge in [0.15, 0.2) is 0 Å². The Kier molecular flexibility index (Phi) is 4.73. The van der Waals surface area contributed by atoms with Crippen LogP contribution in [0.15, 0.2) is 54.6 Å². The van der Waals surface area contributed by atoms with E-state index in [1.54, 1.807) is 0 Å². The lowest BCUT2D eigenvalue weighted by molar-refractivity contribution is 0.105. The van der Waals surface area contributed by atoms with Gasteiger partial charge in [0.2, 0.25) is 0 Å². The summed E-state index contributed by atoms with van der Waals surface area (Å²) in [5, 5.41) is 22.9. The summed E-state index contributed by atoms with van der Waals surface area (Å²) in [6.07, 6.45) is 0.229. The molecule has 134 valence electrons. The lowest BCUT2D eigenvalue weighted by atomic mass is 9.99. The topological polar surface area (TPSA) is 68.6 Å². The van der Waals surface area contributed by atoms with Gasteiger partial charge in [-0.05, 0) is 23.6 Å². The van der Waals surface area contributed by atoms with Crippen LogP contribution >= 0.6 is 0 Å². The minimum absolute atomic E-state index is 0.268. The van der Waals surface area contributed by atoms with E-state index >= 15 is 0 Å². The molecule has 0 unspecified atom stereocenters. The summed E-state index contributed by atoms with van der Waals surface area (Å²) in [4.78, 5) is 7.04. The molecule has 0 bridgehead atoms. The molecule has 1 aliphatic rings. The zero-order valence-corrected chi connectivity index (χ0v) is 14.6. The highest BCUT2D eigenvalue weighted by Gasteiger charge is 2.19. The van der Waals surface area contributed by atoms with Gasteiger partial charge in [0, 0.05) is 31.1 Å². The Labute approximate surface area is 152 Å². The summed E-state index contributed by atoms with van der Waals surface area (Å²) in [6.45, 7) is 1.84. The molecule has 0 radical (unpaired) electrons. The first-order valence-electron chi connectivity index (χ1n) is 8.99. The van der Waals surface area contributed by atoms with Crippen LogP contribution in [0.2, 0.25) is 0 Å². The maximum Gasteiger partial charge on any atom is 0.128 e. The molecule has 3 N–H and O–H groups in total. The maximum absolute atomic E-state index is 9.61. The Balaban J connectivity index is 1.69. The molecule has 5 nitrogen and oxygen atoms in total. The molecule has 0 amide bonds. The van der Waals surface area contributed by atoms with Gasteiger partial charge in [-0.15, -0.1) is 0 Å². The summed E-state index contributed by atoms with van der Waals surface area (Å²) in [5.74, 6) is 0.713. The lowest BCUT2D eigenvalue weighted by Crippen LogP contribution is -2.30. The average molecular weight is 349 g/mol. The number of anilines is 2. The van der Waals surface area contributed by atoms with Gasteiger partial charge >= 0.3 is 0 Å². The van der Waals surface area contributed by atoms with Crippen molar-refractivity contribution in [2.75, 3.05) is 29.9 Å². The van der Waals surface area contributed by atoms with Gasteiger partial charge in [0.05, 0.1) is 23.9 Å². The van der Waals surface area contributed by atoms with E-state index < -0.39 is 6.10 Å². The lowest BCUT2D eigenvalue weighted by Gasteiger charge is -2.32. The van der Waals surface area contributed by atoms with Crippen molar-refractivity contribution >= 4 is 22.4 Å². The number of benzene rings is 2. The highest BCUT2D eigenvalue weighted by Crippen LogP contribution is 2.32. The smallest absolute Gasteiger partial charge is 0.128 e. The van der Waals surface area contributed by atoms with Crippen LogP contribution in [0, 0.1) is 0 Å². The van der Waals surface area contributed by atoms with E-state index in [-0.39, 0.29) is 13.2 Å². The number of nitrogens with zero attached hydrogens (tertiary/aromatic N) is 2. The fourth-order valence-corrected chi connectivity index (χ4v) is 3.50. The average Bonchev–Trinajstić information content (AvgIpc) is 2.71. The van der Waals surface area contributed by atoms with Gasteiger partial charge in [-0.1, -0.05) is 42.5 Å². The Morgan fingerprint density at radius 1 is 1.08 bits per heavy atom. The second kappa shape index (κ2) is 7.32. The zero-order chi connectivity index (χ0) is 17.9. The predicted molar refractivity (Wildman–Crippen MR) is 105 cm³/mol. The molecule has 2 heterocycles. The minimum Gasteiger partial charge on any atom is -0.394 e. The Hall–Kier alpha value is -2.63. The number of aliphatic hydroxyl groups is 2. The molecule has 26 heavy (non-hydrogen) atoms. The SMILES string of the molecule is OC[C@@H](O)CNc1cc(N2CCc3ccccc3C2)c2ccccc2n1. The van der Waals surface area contributed by atoms with Gasteiger partial charge in [0.1, 0.15) is 5.82 Å². The zero-order valence-electron chi connectivity index (χ0n) is 14.6. The molecule has 0 spiro atoms. The van der Waals surface area contributed by atoms with Gasteiger partial charge < -0.3 is 20.4 Å². The second-order valence-corrected chi connectivity index (χ2v) is 6.70. The standard InChI is InChI=1S/C21H23N3O2/c25-14-17(26)12-22-21-11-20(18-7-3-4-8-19(18)23-21)24-10-9-15-5-1-2-6-16(15)13-24/h1-8,11,17,25-26H,9-10,12-14H2,(H,22,23)/t17-/m0/s1. The molecular weight excluding hydrogens is 326 g/mol. The maximum atomic E-state index is 9.61. The van der Waals surface area contributed by atoms with Crippen molar-refractivity contribution in [1.29, 1.82) is 0 Å². The Morgan fingerprint density at radius 2 is 1.85 bits per heavy atom. The van der Waals surface area contributed by atoms with Crippen LogP contribution in [-0.2, 0) is 13.0 Å². The molecular formula is C21H23N3O2. The molecule has 0 fully saturated rings. The molecule has 0 saturated heterocycles. The van der Waals surface area contributed by atoms with E-state index in [1.807, 2.05) is 24.3 Å². The largest absolute Gasteiger partial charge is 0.394 e. The van der Waals surface area contributed by atoms with Gasteiger partial charge in [-0.2, -0.15) is 0 Å². The normalized spacial score (nSPS) is 14.9. The van der Waals surface area contributed by atoms with Gasteiger partial charge in [0.25, 0.3) is 0 Å². The van der Waals surface area contributed by atoms with Crippen LogP contribution in [0.1, 0.15) is 11.1 Å². The van der Waals surface area contributed by atoms with E-state index in [9.17, 15) is 5.11 Å². The molecule has 0 aliphatic carbocycles. The highest BCUT2D eigenvalue weighted by atomic mass is 16.3. The minimum atomic E-state index is -0.798. The summed E-state index contributed by atoms with van der Waals surface area (Å²) in [6, 6.07) is 18.8. The van der Waals surface area contributed by atoms with Crippen LogP contribution in [0.5, 0.6) is 0 Å². The third kappa shape index (κ3) is 3.36. The monoisotopic (exact) mass is 349 g/mol. The first-order chi connectivity index (χ1) is 12.7. The van der Waals surface area contributed by atoms with Crippen molar-refractivity contribution in [3.05, 3.63) is 65.7 Å². The summed E-state index contributed by atoms with van der Waals surface area (Å²) in [7, 11) is 0. The number of fused-ring (bicyclic) bond motifs is 2. The molecule has 1 aromatic heterocycles. The molecule has 0 saturated carbocycles. The predicted octanol–water partition coefficient (Wildman–Crippen LogP) is 2.56. The Bertz CT molecular complexity index is 913. The van der Waals surface area contributed by atoms with Crippen LogP contribution in [0.25, 0.3) is 10.9 Å². The highest BCUT2D eigenvalue weighted by molar-refractivity contribution is 5.93. The van der Waals surface area contributed by atoms with Crippen molar-refractivity contribution in [3.8, 4) is 0 Å². The second-order valence-electron chi connectivity index (χ2n) is 6.70. The number of nitrogens with one attached hydrogen (secondary N) is 1. The van der Waals surface area contributed by atoms with Crippen LogP contribution in [0.3, 0.4) is 0 Å². The summed E-state index contributed by atoms with van der Waals surface area (Å²) < 4.78 is 0. The van der Waals surface area contributed by atoms with E-state index in [0.717, 1.165) is 36.1 Å². The van der Waals surface area contributed by atoms with Crippen molar-refractivity contribution < 1.29 is 10.2 Å².